The predicted molar refractivity (Wildman–Crippen MR) is 77.1 cm³/mol. The number of hydrogen-bond acceptors (Lipinski definition) is 4. The van der Waals surface area contributed by atoms with Crippen molar-refractivity contribution in [2.24, 2.45) is 0 Å². The van der Waals surface area contributed by atoms with Crippen LogP contribution < -0.4 is 5.32 Å². The molecule has 1 fully saturated rings. The van der Waals surface area contributed by atoms with Crippen LogP contribution >= 0.6 is 11.8 Å². The summed E-state index contributed by atoms with van der Waals surface area (Å²) in [7, 11) is 0. The SMILES string of the molecule is CCOCCN(CC)C(=O)CSC1CCNCC1. The molecule has 0 spiro atoms. The Morgan fingerprint density at radius 3 is 2.72 bits per heavy atom. The van der Waals surface area contributed by atoms with Crippen molar-refractivity contribution in [2.75, 3.05) is 45.1 Å². The highest BCUT2D eigenvalue weighted by atomic mass is 32.2. The number of rotatable bonds is 8. The lowest BCUT2D eigenvalue weighted by molar-refractivity contribution is -0.128. The maximum atomic E-state index is 12.0. The van der Waals surface area contributed by atoms with E-state index in [1.54, 1.807) is 0 Å². The average molecular weight is 274 g/mol. The highest BCUT2D eigenvalue weighted by Gasteiger charge is 2.17. The van der Waals surface area contributed by atoms with Gasteiger partial charge in [0, 0.05) is 24.9 Å². The Bertz CT molecular complexity index is 233. The molecule has 1 heterocycles. The molecule has 0 unspecified atom stereocenters. The average Bonchev–Trinajstić information content (AvgIpc) is 2.42. The molecule has 0 aliphatic carbocycles. The van der Waals surface area contributed by atoms with E-state index in [2.05, 4.69) is 5.32 Å². The number of carbonyl (C=O) groups excluding carboxylic acids is 1. The van der Waals surface area contributed by atoms with E-state index in [-0.39, 0.29) is 5.91 Å². The van der Waals surface area contributed by atoms with Gasteiger partial charge in [-0.25, -0.2) is 0 Å². The van der Waals surface area contributed by atoms with Crippen LogP contribution in [0.2, 0.25) is 0 Å². The summed E-state index contributed by atoms with van der Waals surface area (Å²) in [4.78, 5) is 13.9. The Morgan fingerprint density at radius 2 is 2.11 bits per heavy atom. The highest BCUT2D eigenvalue weighted by Crippen LogP contribution is 2.20. The molecule has 5 heteroatoms. The topological polar surface area (TPSA) is 41.6 Å². The summed E-state index contributed by atoms with van der Waals surface area (Å²) >= 11 is 1.82. The Hall–Kier alpha value is -0.260. The Kier molecular flexibility index (Phi) is 8.46. The third-order valence-electron chi connectivity index (χ3n) is 3.17. The van der Waals surface area contributed by atoms with Crippen molar-refractivity contribution < 1.29 is 9.53 Å². The molecule has 1 amide bonds. The fourth-order valence-electron chi connectivity index (χ4n) is 2.02. The van der Waals surface area contributed by atoms with Gasteiger partial charge in [-0.05, 0) is 39.8 Å². The minimum Gasteiger partial charge on any atom is -0.380 e. The molecule has 1 saturated heterocycles. The number of likely N-dealkylation sites (N-methyl/N-ethyl adjacent to an activating group) is 1. The van der Waals surface area contributed by atoms with Crippen molar-refractivity contribution in [2.45, 2.75) is 31.9 Å². The number of thioether (sulfide) groups is 1. The quantitative estimate of drug-likeness (QED) is 0.679. The Balaban J connectivity index is 2.19. The van der Waals surface area contributed by atoms with Crippen LogP contribution in [0.5, 0.6) is 0 Å². The van der Waals surface area contributed by atoms with Gasteiger partial charge in [-0.15, -0.1) is 11.8 Å². The van der Waals surface area contributed by atoms with Gasteiger partial charge in [0.2, 0.25) is 5.91 Å². The van der Waals surface area contributed by atoms with Gasteiger partial charge >= 0.3 is 0 Å². The molecule has 1 N–H and O–H groups in total. The Morgan fingerprint density at radius 1 is 1.39 bits per heavy atom. The first kappa shape index (κ1) is 15.8. The van der Waals surface area contributed by atoms with Crippen LogP contribution in [-0.2, 0) is 9.53 Å². The number of nitrogens with one attached hydrogen (secondary N) is 1. The molecule has 0 saturated carbocycles. The number of nitrogens with zero attached hydrogens (tertiary/aromatic N) is 1. The Labute approximate surface area is 115 Å². The van der Waals surface area contributed by atoms with Crippen molar-refractivity contribution in [3.63, 3.8) is 0 Å². The second kappa shape index (κ2) is 9.64. The normalized spacial score (nSPS) is 16.8. The molecule has 4 nitrogen and oxygen atoms in total. The summed E-state index contributed by atoms with van der Waals surface area (Å²) in [5.74, 6) is 0.866. The van der Waals surface area contributed by atoms with Gasteiger partial charge in [-0.3, -0.25) is 4.79 Å². The monoisotopic (exact) mass is 274 g/mol. The van der Waals surface area contributed by atoms with E-state index in [9.17, 15) is 4.79 Å². The molecule has 0 radical (unpaired) electrons. The molecular formula is C13H26N2O2S. The summed E-state index contributed by atoms with van der Waals surface area (Å²) in [6.45, 7) is 9.05. The number of piperidine rings is 1. The molecule has 1 aliphatic rings. The van der Waals surface area contributed by atoms with Crippen molar-refractivity contribution in [1.82, 2.24) is 10.2 Å². The molecule has 1 aliphatic heterocycles. The number of carbonyl (C=O) groups is 1. The van der Waals surface area contributed by atoms with Gasteiger partial charge in [-0.2, -0.15) is 0 Å². The zero-order chi connectivity index (χ0) is 13.2. The van der Waals surface area contributed by atoms with Crippen LogP contribution in [0.25, 0.3) is 0 Å². The number of hydrogen-bond donors (Lipinski definition) is 1. The van der Waals surface area contributed by atoms with Gasteiger partial charge in [0.1, 0.15) is 0 Å². The predicted octanol–water partition coefficient (Wildman–Crippen LogP) is 1.36. The van der Waals surface area contributed by atoms with Crippen molar-refractivity contribution >= 4 is 17.7 Å². The molecule has 18 heavy (non-hydrogen) atoms. The van der Waals surface area contributed by atoms with E-state index in [4.69, 9.17) is 4.74 Å². The van der Waals surface area contributed by atoms with E-state index in [1.165, 1.54) is 12.8 Å². The van der Waals surface area contributed by atoms with E-state index < -0.39 is 0 Å². The first-order valence-corrected chi connectivity index (χ1v) is 8.00. The van der Waals surface area contributed by atoms with Crippen LogP contribution in [0, 0.1) is 0 Å². The summed E-state index contributed by atoms with van der Waals surface area (Å²) in [5.41, 5.74) is 0. The van der Waals surface area contributed by atoms with Crippen molar-refractivity contribution in [1.29, 1.82) is 0 Å². The highest BCUT2D eigenvalue weighted by molar-refractivity contribution is 8.00. The molecule has 0 atom stereocenters. The minimum absolute atomic E-state index is 0.251. The third kappa shape index (κ3) is 6.07. The van der Waals surface area contributed by atoms with Crippen molar-refractivity contribution in [3.8, 4) is 0 Å². The van der Waals surface area contributed by atoms with E-state index in [1.807, 2.05) is 30.5 Å². The number of amides is 1. The second-order valence-electron chi connectivity index (χ2n) is 4.43. The van der Waals surface area contributed by atoms with E-state index >= 15 is 0 Å². The fourth-order valence-corrected chi connectivity index (χ4v) is 3.15. The van der Waals surface area contributed by atoms with Crippen LogP contribution in [0.1, 0.15) is 26.7 Å². The zero-order valence-corrected chi connectivity index (χ0v) is 12.4. The second-order valence-corrected chi connectivity index (χ2v) is 5.72. The van der Waals surface area contributed by atoms with Gasteiger partial charge in [0.25, 0.3) is 0 Å². The standard InChI is InChI=1S/C13H26N2O2S/c1-3-15(9-10-17-4-2)13(16)11-18-12-5-7-14-8-6-12/h12,14H,3-11H2,1-2H3. The maximum Gasteiger partial charge on any atom is 0.232 e. The summed E-state index contributed by atoms with van der Waals surface area (Å²) in [5, 5.41) is 4.00. The number of ether oxygens (including phenoxy) is 1. The molecule has 0 aromatic heterocycles. The first-order chi connectivity index (χ1) is 8.77. The van der Waals surface area contributed by atoms with E-state index in [0.29, 0.717) is 17.6 Å². The van der Waals surface area contributed by atoms with Gasteiger partial charge in [0.15, 0.2) is 0 Å². The molecule has 0 aromatic carbocycles. The van der Waals surface area contributed by atoms with Gasteiger partial charge in [0.05, 0.1) is 12.4 Å². The molecule has 106 valence electrons. The smallest absolute Gasteiger partial charge is 0.232 e. The zero-order valence-electron chi connectivity index (χ0n) is 11.6. The first-order valence-electron chi connectivity index (χ1n) is 6.95. The van der Waals surface area contributed by atoms with Crippen LogP contribution in [0.15, 0.2) is 0 Å². The summed E-state index contributed by atoms with van der Waals surface area (Å²) < 4.78 is 5.30. The lowest BCUT2D eigenvalue weighted by Crippen LogP contribution is -2.36. The van der Waals surface area contributed by atoms with Crippen molar-refractivity contribution in [3.05, 3.63) is 0 Å². The molecule has 0 aromatic rings. The lowest BCUT2D eigenvalue weighted by atomic mass is 10.2. The molecule has 1 rings (SSSR count). The molecule has 0 bridgehead atoms. The maximum absolute atomic E-state index is 12.0. The van der Waals surface area contributed by atoms with Crippen LogP contribution in [-0.4, -0.2) is 61.2 Å². The lowest BCUT2D eigenvalue weighted by Gasteiger charge is -2.24. The van der Waals surface area contributed by atoms with Crippen LogP contribution in [0.3, 0.4) is 0 Å². The van der Waals surface area contributed by atoms with E-state index in [0.717, 1.165) is 32.8 Å². The fraction of sp³-hybridized carbons (Fsp3) is 0.923. The summed E-state index contributed by atoms with van der Waals surface area (Å²) in [6.07, 6.45) is 2.37. The minimum atomic E-state index is 0.251. The van der Waals surface area contributed by atoms with Crippen LogP contribution in [0.4, 0.5) is 0 Å². The summed E-state index contributed by atoms with van der Waals surface area (Å²) in [6, 6.07) is 0. The van der Waals surface area contributed by atoms with Gasteiger partial charge in [-0.1, -0.05) is 0 Å². The molecular weight excluding hydrogens is 248 g/mol. The largest absolute Gasteiger partial charge is 0.380 e. The third-order valence-corrected chi connectivity index (χ3v) is 4.53. The van der Waals surface area contributed by atoms with Gasteiger partial charge < -0.3 is 15.0 Å².